The summed E-state index contributed by atoms with van der Waals surface area (Å²) in [6.07, 6.45) is 4.35. The first-order chi connectivity index (χ1) is 9.88. The Morgan fingerprint density at radius 3 is 3.10 bits per heavy atom. The van der Waals surface area contributed by atoms with Crippen molar-refractivity contribution in [2.24, 2.45) is 0 Å². The first-order valence-corrected chi connectivity index (χ1v) is 8.16. The first kappa shape index (κ1) is 12.2. The van der Waals surface area contributed by atoms with Crippen LogP contribution in [0, 0.1) is 0 Å². The fraction of sp³-hybridized carbons (Fsp3) is 0.267. The summed E-state index contributed by atoms with van der Waals surface area (Å²) in [5.74, 6) is 1.49. The number of rotatable bonds is 2. The lowest BCUT2D eigenvalue weighted by molar-refractivity contribution is 0.759. The molecule has 0 saturated carbocycles. The van der Waals surface area contributed by atoms with E-state index in [1.54, 1.807) is 11.3 Å². The van der Waals surface area contributed by atoms with Gasteiger partial charge in [0.15, 0.2) is 10.8 Å². The van der Waals surface area contributed by atoms with E-state index >= 15 is 0 Å². The van der Waals surface area contributed by atoms with Crippen LogP contribution in [0.2, 0.25) is 0 Å². The van der Waals surface area contributed by atoms with Gasteiger partial charge in [0.2, 0.25) is 0 Å². The van der Waals surface area contributed by atoms with Crippen LogP contribution in [0.15, 0.2) is 35.8 Å². The second-order valence-corrected chi connectivity index (χ2v) is 6.10. The minimum atomic E-state index is 0.478. The SMILES string of the molecule is ClCc1c(N2CCCc3ccccc32)nc2sccn12. The van der Waals surface area contributed by atoms with Gasteiger partial charge in [-0.1, -0.05) is 18.2 Å². The quantitative estimate of drug-likeness (QED) is 0.661. The molecule has 0 bridgehead atoms. The van der Waals surface area contributed by atoms with Crippen molar-refractivity contribution < 1.29 is 0 Å². The second kappa shape index (κ2) is 4.79. The van der Waals surface area contributed by atoms with E-state index in [2.05, 4.69) is 33.6 Å². The number of alkyl halides is 1. The van der Waals surface area contributed by atoms with Gasteiger partial charge in [0.05, 0.1) is 11.6 Å². The highest BCUT2D eigenvalue weighted by atomic mass is 35.5. The molecule has 0 amide bonds. The third-order valence-electron chi connectivity index (χ3n) is 3.83. The van der Waals surface area contributed by atoms with Gasteiger partial charge in [-0.15, -0.1) is 22.9 Å². The van der Waals surface area contributed by atoms with Crippen molar-refractivity contribution in [3.05, 3.63) is 47.1 Å². The summed E-state index contributed by atoms with van der Waals surface area (Å²) in [5, 5.41) is 2.05. The Bertz CT molecular complexity index is 761. The molecule has 0 fully saturated rings. The number of imidazole rings is 1. The van der Waals surface area contributed by atoms with E-state index in [-0.39, 0.29) is 0 Å². The number of benzene rings is 1. The summed E-state index contributed by atoms with van der Waals surface area (Å²) in [6.45, 7) is 1.01. The Morgan fingerprint density at radius 1 is 1.30 bits per heavy atom. The Balaban J connectivity index is 1.89. The molecule has 0 spiro atoms. The number of anilines is 2. The average molecular weight is 304 g/mol. The van der Waals surface area contributed by atoms with Crippen molar-refractivity contribution in [1.82, 2.24) is 9.38 Å². The lowest BCUT2D eigenvalue weighted by Gasteiger charge is -2.30. The summed E-state index contributed by atoms with van der Waals surface area (Å²) in [4.78, 5) is 8.12. The summed E-state index contributed by atoms with van der Waals surface area (Å²) < 4.78 is 2.10. The van der Waals surface area contributed by atoms with Gasteiger partial charge in [0.25, 0.3) is 0 Å². The van der Waals surface area contributed by atoms with Crippen LogP contribution in [-0.2, 0) is 12.3 Å². The maximum absolute atomic E-state index is 6.17. The zero-order valence-electron chi connectivity index (χ0n) is 10.9. The maximum atomic E-state index is 6.17. The molecule has 4 rings (SSSR count). The smallest absolute Gasteiger partial charge is 0.195 e. The van der Waals surface area contributed by atoms with E-state index in [1.807, 2.05) is 11.6 Å². The van der Waals surface area contributed by atoms with Crippen LogP contribution in [0.4, 0.5) is 11.5 Å². The molecular weight excluding hydrogens is 290 g/mol. The Morgan fingerprint density at radius 2 is 2.20 bits per heavy atom. The van der Waals surface area contributed by atoms with Crippen LogP contribution >= 0.6 is 22.9 Å². The Kier molecular flexibility index (Phi) is 2.93. The molecule has 1 aliphatic rings. The molecule has 5 heteroatoms. The Labute approximate surface area is 126 Å². The number of hydrogen-bond donors (Lipinski definition) is 0. The van der Waals surface area contributed by atoms with Crippen LogP contribution in [0.5, 0.6) is 0 Å². The fourth-order valence-electron chi connectivity index (χ4n) is 2.92. The molecule has 1 aromatic carbocycles. The van der Waals surface area contributed by atoms with Crippen molar-refractivity contribution in [2.45, 2.75) is 18.7 Å². The van der Waals surface area contributed by atoms with E-state index in [0.29, 0.717) is 5.88 Å². The van der Waals surface area contributed by atoms with Gasteiger partial charge in [-0.2, -0.15) is 0 Å². The number of aryl methyl sites for hydroxylation is 1. The van der Waals surface area contributed by atoms with Crippen molar-refractivity contribution in [3.8, 4) is 0 Å². The summed E-state index contributed by atoms with van der Waals surface area (Å²) >= 11 is 7.82. The third-order valence-corrected chi connectivity index (χ3v) is 4.84. The minimum Gasteiger partial charge on any atom is -0.325 e. The average Bonchev–Trinajstić information content (AvgIpc) is 3.06. The van der Waals surface area contributed by atoms with Crippen molar-refractivity contribution >= 4 is 39.4 Å². The molecule has 2 aromatic heterocycles. The number of para-hydroxylation sites is 1. The maximum Gasteiger partial charge on any atom is 0.195 e. The number of aromatic nitrogens is 2. The molecule has 0 atom stereocenters. The van der Waals surface area contributed by atoms with Gasteiger partial charge in [-0.25, -0.2) is 4.98 Å². The molecule has 3 nitrogen and oxygen atoms in total. The molecular formula is C15H14ClN3S. The highest BCUT2D eigenvalue weighted by Crippen LogP contribution is 2.36. The van der Waals surface area contributed by atoms with Gasteiger partial charge in [0.1, 0.15) is 0 Å². The van der Waals surface area contributed by atoms with Crippen LogP contribution in [0.25, 0.3) is 4.96 Å². The van der Waals surface area contributed by atoms with E-state index in [9.17, 15) is 0 Å². The predicted octanol–water partition coefficient (Wildman–Crippen LogP) is 4.22. The number of fused-ring (bicyclic) bond motifs is 2. The highest BCUT2D eigenvalue weighted by Gasteiger charge is 2.23. The Hall–Kier alpha value is -1.52. The number of halogens is 1. The van der Waals surface area contributed by atoms with Crippen molar-refractivity contribution in [2.75, 3.05) is 11.4 Å². The molecule has 0 aliphatic carbocycles. The molecule has 102 valence electrons. The summed E-state index contributed by atoms with van der Waals surface area (Å²) in [7, 11) is 0. The van der Waals surface area contributed by atoms with Crippen LogP contribution in [0.1, 0.15) is 17.7 Å². The van der Waals surface area contributed by atoms with Gasteiger partial charge < -0.3 is 4.90 Å². The summed E-state index contributed by atoms with van der Waals surface area (Å²) in [5.41, 5.74) is 3.76. The van der Waals surface area contributed by atoms with Crippen molar-refractivity contribution in [1.29, 1.82) is 0 Å². The topological polar surface area (TPSA) is 20.5 Å². The molecule has 0 unspecified atom stereocenters. The zero-order chi connectivity index (χ0) is 13.5. The van der Waals surface area contributed by atoms with E-state index in [4.69, 9.17) is 16.6 Å². The number of thiazole rings is 1. The van der Waals surface area contributed by atoms with Gasteiger partial charge in [-0.3, -0.25) is 4.40 Å². The van der Waals surface area contributed by atoms with Gasteiger partial charge in [-0.05, 0) is 24.5 Å². The third kappa shape index (κ3) is 1.75. The predicted molar refractivity (Wildman–Crippen MR) is 84.4 cm³/mol. The molecule has 1 aliphatic heterocycles. The van der Waals surface area contributed by atoms with E-state index in [0.717, 1.165) is 35.9 Å². The number of hydrogen-bond acceptors (Lipinski definition) is 3. The second-order valence-electron chi connectivity index (χ2n) is 4.96. The van der Waals surface area contributed by atoms with Crippen molar-refractivity contribution in [3.63, 3.8) is 0 Å². The van der Waals surface area contributed by atoms with Crippen LogP contribution < -0.4 is 4.90 Å². The minimum absolute atomic E-state index is 0.478. The molecule has 0 N–H and O–H groups in total. The van der Waals surface area contributed by atoms with Gasteiger partial charge >= 0.3 is 0 Å². The van der Waals surface area contributed by atoms with Crippen LogP contribution in [-0.4, -0.2) is 15.9 Å². The normalized spacial score (nSPS) is 14.8. The fourth-order valence-corrected chi connectivity index (χ4v) is 3.89. The lowest BCUT2D eigenvalue weighted by Crippen LogP contribution is -2.25. The molecule has 3 aromatic rings. The molecule has 20 heavy (non-hydrogen) atoms. The van der Waals surface area contributed by atoms with E-state index < -0.39 is 0 Å². The standard InChI is InChI=1S/C15H14ClN3S/c16-10-13-14(17-15-19(13)8-9-20-15)18-7-3-5-11-4-1-2-6-12(11)18/h1-2,4,6,8-9H,3,5,7,10H2. The summed E-state index contributed by atoms with van der Waals surface area (Å²) in [6, 6.07) is 8.59. The van der Waals surface area contributed by atoms with Gasteiger partial charge in [0, 0.05) is 23.8 Å². The first-order valence-electron chi connectivity index (χ1n) is 6.74. The molecule has 0 saturated heterocycles. The van der Waals surface area contributed by atoms with Crippen LogP contribution in [0.3, 0.4) is 0 Å². The molecule has 3 heterocycles. The largest absolute Gasteiger partial charge is 0.325 e. The highest BCUT2D eigenvalue weighted by molar-refractivity contribution is 7.15. The number of nitrogens with zero attached hydrogens (tertiary/aromatic N) is 3. The monoisotopic (exact) mass is 303 g/mol. The lowest BCUT2D eigenvalue weighted by atomic mass is 10.0. The molecule has 0 radical (unpaired) electrons. The zero-order valence-corrected chi connectivity index (χ0v) is 12.5. The van der Waals surface area contributed by atoms with E-state index in [1.165, 1.54) is 11.3 Å².